The molecule has 2 rings (SSSR count). The highest BCUT2D eigenvalue weighted by molar-refractivity contribution is 7.18. The van der Waals surface area contributed by atoms with E-state index in [4.69, 9.17) is 10.5 Å². The third-order valence-electron chi connectivity index (χ3n) is 3.57. The Kier molecular flexibility index (Phi) is 4.70. The SMILES string of the molecule is COC(=O)c1sc(N)c(C(=O)OC)c1COC(=O)[C@@H]1C[C@@H]1C. The minimum Gasteiger partial charge on any atom is -0.465 e. The van der Waals surface area contributed by atoms with Crippen LogP contribution < -0.4 is 5.73 Å². The minimum atomic E-state index is -0.685. The molecule has 0 bridgehead atoms. The second-order valence-corrected chi connectivity index (χ2v) is 6.11. The number of esters is 3. The first kappa shape index (κ1) is 16.3. The van der Waals surface area contributed by atoms with Crippen molar-refractivity contribution in [3.63, 3.8) is 0 Å². The van der Waals surface area contributed by atoms with E-state index in [2.05, 4.69) is 9.47 Å². The van der Waals surface area contributed by atoms with Crippen LogP contribution in [0.25, 0.3) is 0 Å². The summed E-state index contributed by atoms with van der Waals surface area (Å²) in [5, 5.41) is 0.123. The summed E-state index contributed by atoms with van der Waals surface area (Å²) in [6, 6.07) is 0. The highest BCUT2D eigenvalue weighted by Crippen LogP contribution is 2.39. The number of thiophene rings is 1. The Morgan fingerprint density at radius 1 is 1.23 bits per heavy atom. The third kappa shape index (κ3) is 3.06. The molecule has 0 aliphatic heterocycles. The molecule has 120 valence electrons. The Hall–Kier alpha value is -2.09. The van der Waals surface area contributed by atoms with Gasteiger partial charge < -0.3 is 19.9 Å². The lowest BCUT2D eigenvalue weighted by molar-refractivity contribution is -0.146. The van der Waals surface area contributed by atoms with E-state index >= 15 is 0 Å². The van der Waals surface area contributed by atoms with Gasteiger partial charge in [0.05, 0.1) is 20.1 Å². The molecule has 1 aliphatic carbocycles. The number of hydrogen-bond donors (Lipinski definition) is 1. The molecule has 7 nitrogen and oxygen atoms in total. The maximum atomic E-state index is 11.8. The van der Waals surface area contributed by atoms with E-state index in [1.54, 1.807) is 0 Å². The molecular formula is C14H17NO6S. The second-order valence-electron chi connectivity index (χ2n) is 5.06. The van der Waals surface area contributed by atoms with Gasteiger partial charge in [0, 0.05) is 5.56 Å². The van der Waals surface area contributed by atoms with Crippen LogP contribution in [0.4, 0.5) is 5.00 Å². The summed E-state index contributed by atoms with van der Waals surface area (Å²) in [7, 11) is 2.43. The molecule has 0 spiro atoms. The largest absolute Gasteiger partial charge is 0.465 e. The number of nitrogens with two attached hydrogens (primary N) is 1. The van der Waals surface area contributed by atoms with Gasteiger partial charge in [-0.05, 0) is 12.3 Å². The predicted octanol–water partition coefficient (Wildman–Crippen LogP) is 1.60. The predicted molar refractivity (Wildman–Crippen MR) is 78.5 cm³/mol. The zero-order valence-electron chi connectivity index (χ0n) is 12.5. The van der Waals surface area contributed by atoms with Crippen molar-refractivity contribution in [2.45, 2.75) is 20.0 Å². The number of methoxy groups -OCH3 is 2. The normalized spacial score (nSPS) is 19.4. The fraction of sp³-hybridized carbons (Fsp3) is 0.500. The van der Waals surface area contributed by atoms with Crippen molar-refractivity contribution >= 4 is 34.2 Å². The Balaban J connectivity index is 2.27. The molecular weight excluding hydrogens is 310 g/mol. The van der Waals surface area contributed by atoms with E-state index in [0.29, 0.717) is 5.92 Å². The summed E-state index contributed by atoms with van der Waals surface area (Å²) >= 11 is 0.905. The van der Waals surface area contributed by atoms with Gasteiger partial charge in [0.2, 0.25) is 0 Å². The molecule has 1 heterocycles. The topological polar surface area (TPSA) is 105 Å². The quantitative estimate of drug-likeness (QED) is 0.647. The molecule has 0 aromatic carbocycles. The van der Waals surface area contributed by atoms with Gasteiger partial charge in [0.1, 0.15) is 22.0 Å². The maximum Gasteiger partial charge on any atom is 0.348 e. The summed E-state index contributed by atoms with van der Waals surface area (Å²) < 4.78 is 14.5. The van der Waals surface area contributed by atoms with Crippen LogP contribution in [-0.4, -0.2) is 32.1 Å². The summed E-state index contributed by atoms with van der Waals surface area (Å²) in [5.41, 5.74) is 6.05. The summed E-state index contributed by atoms with van der Waals surface area (Å²) in [4.78, 5) is 35.6. The molecule has 1 saturated carbocycles. The monoisotopic (exact) mass is 327 g/mol. The van der Waals surface area contributed by atoms with Gasteiger partial charge >= 0.3 is 17.9 Å². The van der Waals surface area contributed by atoms with Crippen molar-refractivity contribution in [2.24, 2.45) is 11.8 Å². The Morgan fingerprint density at radius 2 is 1.82 bits per heavy atom. The van der Waals surface area contributed by atoms with Crippen molar-refractivity contribution in [1.82, 2.24) is 0 Å². The molecule has 0 radical (unpaired) electrons. The van der Waals surface area contributed by atoms with Crippen LogP contribution in [0, 0.1) is 11.8 Å². The van der Waals surface area contributed by atoms with E-state index in [1.807, 2.05) is 6.92 Å². The summed E-state index contributed by atoms with van der Waals surface area (Å²) in [6.45, 7) is 1.74. The van der Waals surface area contributed by atoms with E-state index < -0.39 is 11.9 Å². The van der Waals surface area contributed by atoms with Crippen LogP contribution in [0.3, 0.4) is 0 Å². The van der Waals surface area contributed by atoms with Gasteiger partial charge in [-0.1, -0.05) is 6.92 Å². The molecule has 1 aromatic heterocycles. The molecule has 0 unspecified atom stereocenters. The number of carbonyl (C=O) groups is 3. The van der Waals surface area contributed by atoms with Gasteiger partial charge in [0.25, 0.3) is 0 Å². The van der Waals surface area contributed by atoms with E-state index in [0.717, 1.165) is 17.8 Å². The first-order valence-electron chi connectivity index (χ1n) is 6.65. The van der Waals surface area contributed by atoms with Crippen LogP contribution in [0.5, 0.6) is 0 Å². The molecule has 2 N–H and O–H groups in total. The van der Waals surface area contributed by atoms with Crippen molar-refractivity contribution in [3.05, 3.63) is 16.0 Å². The highest BCUT2D eigenvalue weighted by Gasteiger charge is 2.41. The Morgan fingerprint density at radius 3 is 2.32 bits per heavy atom. The average molecular weight is 327 g/mol. The number of rotatable bonds is 5. The molecule has 1 fully saturated rings. The van der Waals surface area contributed by atoms with Crippen molar-refractivity contribution in [1.29, 1.82) is 0 Å². The van der Waals surface area contributed by atoms with Crippen LogP contribution in [0.1, 0.15) is 38.9 Å². The first-order valence-corrected chi connectivity index (χ1v) is 7.46. The lowest BCUT2D eigenvalue weighted by Crippen LogP contribution is -2.13. The number of hydrogen-bond acceptors (Lipinski definition) is 8. The van der Waals surface area contributed by atoms with E-state index in [1.165, 1.54) is 14.2 Å². The van der Waals surface area contributed by atoms with Crippen LogP contribution in [-0.2, 0) is 25.6 Å². The van der Waals surface area contributed by atoms with Gasteiger partial charge in [-0.3, -0.25) is 4.79 Å². The van der Waals surface area contributed by atoms with E-state index in [-0.39, 0.29) is 39.5 Å². The van der Waals surface area contributed by atoms with Gasteiger partial charge in [-0.25, -0.2) is 9.59 Å². The minimum absolute atomic E-state index is 0.0459. The molecule has 8 heteroatoms. The van der Waals surface area contributed by atoms with Crippen LogP contribution in [0.15, 0.2) is 0 Å². The number of anilines is 1. The Bertz CT molecular complexity index is 623. The molecule has 0 amide bonds. The third-order valence-corrected chi connectivity index (χ3v) is 4.61. The van der Waals surface area contributed by atoms with Crippen LogP contribution >= 0.6 is 11.3 Å². The Labute approximate surface area is 131 Å². The fourth-order valence-electron chi connectivity index (χ4n) is 2.11. The molecule has 1 aliphatic rings. The van der Waals surface area contributed by atoms with Gasteiger partial charge in [-0.2, -0.15) is 0 Å². The van der Waals surface area contributed by atoms with Crippen molar-refractivity contribution < 1.29 is 28.6 Å². The summed E-state index contributed by atoms with van der Waals surface area (Å²) in [5.74, 6) is -1.48. The average Bonchev–Trinajstić information content (AvgIpc) is 3.14. The highest BCUT2D eigenvalue weighted by atomic mass is 32.1. The molecule has 2 atom stereocenters. The van der Waals surface area contributed by atoms with Crippen molar-refractivity contribution in [3.8, 4) is 0 Å². The smallest absolute Gasteiger partial charge is 0.348 e. The van der Waals surface area contributed by atoms with Gasteiger partial charge in [-0.15, -0.1) is 11.3 Å². The molecule has 1 aromatic rings. The zero-order chi connectivity index (χ0) is 16.4. The molecule has 0 saturated heterocycles. The first-order chi connectivity index (χ1) is 10.4. The van der Waals surface area contributed by atoms with Crippen LogP contribution in [0.2, 0.25) is 0 Å². The number of nitrogen functional groups attached to an aromatic ring is 1. The maximum absolute atomic E-state index is 11.8. The van der Waals surface area contributed by atoms with E-state index in [9.17, 15) is 14.4 Å². The summed E-state index contributed by atoms with van der Waals surface area (Å²) in [6.07, 6.45) is 0.790. The lowest BCUT2D eigenvalue weighted by Gasteiger charge is -2.07. The van der Waals surface area contributed by atoms with Gasteiger partial charge in [0.15, 0.2) is 0 Å². The standard InChI is InChI=1S/C14H17NO6S/c1-6-4-7(6)12(16)21-5-8-9(13(17)19-2)11(15)22-10(8)14(18)20-3/h6-7H,4-5,15H2,1-3H3/t6-,7+/m0/s1. The van der Waals surface area contributed by atoms with Crippen molar-refractivity contribution in [2.75, 3.05) is 20.0 Å². The fourth-order valence-corrected chi connectivity index (χ4v) is 3.09. The molecule has 22 heavy (non-hydrogen) atoms. The zero-order valence-corrected chi connectivity index (χ0v) is 13.3. The number of carbonyl (C=O) groups excluding carboxylic acids is 3. The lowest BCUT2D eigenvalue weighted by atomic mass is 10.1. The second kappa shape index (κ2) is 6.35. The number of ether oxygens (including phenoxy) is 3.